The molecule has 1 saturated heterocycles. The van der Waals surface area contributed by atoms with Crippen LogP contribution in [0.1, 0.15) is 88.3 Å². The highest BCUT2D eigenvalue weighted by Gasteiger charge is 2.69. The molecule has 276 valence electrons. The quantitative estimate of drug-likeness (QED) is 0.167. The van der Waals surface area contributed by atoms with Crippen LogP contribution in [0.3, 0.4) is 0 Å². The van der Waals surface area contributed by atoms with Crippen LogP contribution in [0.2, 0.25) is 28.2 Å². The van der Waals surface area contributed by atoms with Crippen LogP contribution in [0, 0.1) is 11.2 Å². The number of amides is 1. The Morgan fingerprint density at radius 3 is 2.12 bits per heavy atom. The third-order valence-electron chi connectivity index (χ3n) is 11.6. The van der Waals surface area contributed by atoms with Gasteiger partial charge in [0.2, 0.25) is 5.91 Å². The van der Waals surface area contributed by atoms with E-state index < -0.39 is 49.7 Å². The summed E-state index contributed by atoms with van der Waals surface area (Å²) in [7, 11) is -2.41. The molecule has 1 spiro atoms. The summed E-state index contributed by atoms with van der Waals surface area (Å²) in [5.41, 5.74) is 1.71. The van der Waals surface area contributed by atoms with Crippen molar-refractivity contribution in [2.45, 2.75) is 102 Å². The van der Waals surface area contributed by atoms with Crippen molar-refractivity contribution in [1.29, 1.82) is 0 Å². The Hall–Kier alpha value is -3.04. The van der Waals surface area contributed by atoms with Gasteiger partial charge in [-0.05, 0) is 70.4 Å². The van der Waals surface area contributed by atoms with Crippen molar-refractivity contribution >= 4 is 43.1 Å². The summed E-state index contributed by atoms with van der Waals surface area (Å²) >= 11 is 13.2. The Balaban J connectivity index is 1.73. The number of aliphatic hydroxyl groups is 1. The van der Waals surface area contributed by atoms with Crippen molar-refractivity contribution < 1.29 is 18.7 Å². The standard InChI is InChI=1S/C43H51Cl2FN2O3Si/c1-41(2,3)25-35-43(31-23-22-29(44)24-33(31)47-40(43)50)36(30-20-15-21-32(45)37(30)46)34(26-51-52(7,8)42(4,5)6)48(35)38(27-16-11-9-12-17-27)39(49)28-18-13-10-14-19-28/h9-24,34-36,38-39,49H,25-26H2,1-8H3,(H,47,50)/t34-,35+,36-,38+,39-,43-/m0/s1. The van der Waals surface area contributed by atoms with Gasteiger partial charge in [-0.15, -0.1) is 0 Å². The van der Waals surface area contributed by atoms with Gasteiger partial charge in [-0.1, -0.05) is 144 Å². The second-order valence-electron chi connectivity index (χ2n) is 17.2. The lowest BCUT2D eigenvalue weighted by Gasteiger charge is -2.45. The molecule has 52 heavy (non-hydrogen) atoms. The molecule has 6 atom stereocenters. The second-order valence-corrected chi connectivity index (χ2v) is 22.9. The van der Waals surface area contributed by atoms with E-state index in [0.717, 1.165) is 16.7 Å². The smallest absolute Gasteiger partial charge is 0.237 e. The molecule has 4 aromatic carbocycles. The predicted octanol–water partition coefficient (Wildman–Crippen LogP) is 11.1. The Labute approximate surface area is 319 Å². The van der Waals surface area contributed by atoms with Crippen molar-refractivity contribution in [2.24, 2.45) is 5.41 Å². The number of rotatable bonds is 9. The maximum Gasteiger partial charge on any atom is 0.237 e. The van der Waals surface area contributed by atoms with Crippen LogP contribution in [-0.4, -0.2) is 42.9 Å². The van der Waals surface area contributed by atoms with Crippen molar-refractivity contribution in [3.8, 4) is 0 Å². The van der Waals surface area contributed by atoms with Gasteiger partial charge in [0.05, 0.1) is 23.8 Å². The SMILES string of the molecule is CC(C)(C)C[C@H]1N([C@H](c2ccccc2)[C@@H](O)c2ccccc2)[C@@H](CO[Si](C)(C)C(C)(C)C)[C@H](c2cccc(Cl)c2F)[C@@]12C(=O)Nc1cc(Cl)ccc12. The molecule has 2 N–H and O–H groups in total. The molecule has 5 nitrogen and oxygen atoms in total. The highest BCUT2D eigenvalue weighted by molar-refractivity contribution is 6.74. The van der Waals surface area contributed by atoms with Crippen molar-refractivity contribution in [3.63, 3.8) is 0 Å². The Kier molecular flexibility index (Phi) is 10.6. The van der Waals surface area contributed by atoms with Gasteiger partial charge in [0.25, 0.3) is 0 Å². The fourth-order valence-electron chi connectivity index (χ4n) is 8.27. The molecule has 2 aliphatic rings. The van der Waals surface area contributed by atoms with E-state index in [0.29, 0.717) is 22.7 Å². The van der Waals surface area contributed by atoms with Crippen LogP contribution in [0.25, 0.3) is 0 Å². The van der Waals surface area contributed by atoms with Crippen molar-refractivity contribution in [2.75, 3.05) is 11.9 Å². The molecule has 0 saturated carbocycles. The number of carbonyl (C=O) groups excluding carboxylic acids is 1. The molecule has 0 bridgehead atoms. The highest BCUT2D eigenvalue weighted by Crippen LogP contribution is 2.63. The third-order valence-corrected chi connectivity index (χ3v) is 16.7. The van der Waals surface area contributed by atoms with Gasteiger partial charge in [-0.25, -0.2) is 4.39 Å². The van der Waals surface area contributed by atoms with Crippen LogP contribution in [0.4, 0.5) is 10.1 Å². The van der Waals surface area contributed by atoms with E-state index in [-0.39, 0.29) is 28.0 Å². The number of hydrogen-bond acceptors (Lipinski definition) is 4. The number of aliphatic hydroxyl groups excluding tert-OH is 1. The van der Waals surface area contributed by atoms with E-state index in [9.17, 15) is 5.11 Å². The van der Waals surface area contributed by atoms with Crippen LogP contribution in [-0.2, 0) is 14.6 Å². The monoisotopic (exact) mass is 760 g/mol. The van der Waals surface area contributed by atoms with Crippen molar-refractivity contribution in [3.05, 3.63) is 135 Å². The first-order valence-electron chi connectivity index (χ1n) is 18.1. The van der Waals surface area contributed by atoms with E-state index in [4.69, 9.17) is 27.6 Å². The van der Waals surface area contributed by atoms with Crippen LogP contribution >= 0.6 is 23.2 Å². The number of nitrogens with zero attached hydrogens (tertiary/aromatic N) is 1. The van der Waals surface area contributed by atoms with E-state index in [1.54, 1.807) is 30.3 Å². The molecule has 2 aliphatic heterocycles. The Bertz CT molecular complexity index is 1910. The van der Waals surface area contributed by atoms with Gasteiger partial charge in [0.1, 0.15) is 11.2 Å². The molecule has 0 aromatic heterocycles. The lowest BCUT2D eigenvalue weighted by Crippen LogP contribution is -2.52. The second kappa shape index (κ2) is 14.3. The Morgan fingerprint density at radius 2 is 1.52 bits per heavy atom. The summed E-state index contributed by atoms with van der Waals surface area (Å²) in [4.78, 5) is 17.6. The lowest BCUT2D eigenvalue weighted by molar-refractivity contribution is -0.123. The summed E-state index contributed by atoms with van der Waals surface area (Å²) in [6, 6.07) is 28.4. The highest BCUT2D eigenvalue weighted by atomic mass is 35.5. The minimum Gasteiger partial charge on any atom is -0.415 e. The number of anilines is 1. The largest absolute Gasteiger partial charge is 0.415 e. The summed E-state index contributed by atoms with van der Waals surface area (Å²) < 4.78 is 24.0. The minimum absolute atomic E-state index is 0.0128. The van der Waals surface area contributed by atoms with Gasteiger partial charge < -0.3 is 14.8 Å². The number of nitrogens with one attached hydrogen (secondary N) is 1. The van der Waals surface area contributed by atoms with E-state index in [1.165, 1.54) is 0 Å². The van der Waals surface area contributed by atoms with Gasteiger partial charge in [0.15, 0.2) is 8.32 Å². The molecule has 1 amide bonds. The molecule has 9 heteroatoms. The molecule has 1 fully saturated rings. The van der Waals surface area contributed by atoms with Gasteiger partial charge in [0, 0.05) is 28.7 Å². The summed E-state index contributed by atoms with van der Waals surface area (Å²) in [5, 5.41) is 16.2. The zero-order chi connectivity index (χ0) is 37.8. The molecule has 4 aromatic rings. The van der Waals surface area contributed by atoms with Crippen LogP contribution in [0.5, 0.6) is 0 Å². The first kappa shape index (κ1) is 38.7. The first-order valence-corrected chi connectivity index (χ1v) is 21.8. The molecule has 2 heterocycles. The third kappa shape index (κ3) is 6.89. The number of halogens is 3. The number of benzene rings is 4. The first-order chi connectivity index (χ1) is 24.4. The number of hydrogen-bond donors (Lipinski definition) is 2. The molecule has 0 radical (unpaired) electrons. The molecule has 0 aliphatic carbocycles. The maximum absolute atomic E-state index is 16.8. The van der Waals surface area contributed by atoms with E-state index in [1.807, 2.05) is 66.7 Å². The Morgan fingerprint density at radius 1 is 0.904 bits per heavy atom. The van der Waals surface area contributed by atoms with E-state index in [2.05, 4.69) is 64.9 Å². The van der Waals surface area contributed by atoms with Gasteiger partial charge >= 0.3 is 0 Å². The summed E-state index contributed by atoms with van der Waals surface area (Å²) in [5.74, 6) is -1.55. The molecule has 0 unspecified atom stereocenters. The van der Waals surface area contributed by atoms with Gasteiger partial charge in [-0.2, -0.15) is 0 Å². The average Bonchev–Trinajstić information content (AvgIpc) is 3.51. The predicted molar refractivity (Wildman–Crippen MR) is 213 cm³/mol. The minimum atomic E-state index is -2.41. The lowest BCUT2D eigenvalue weighted by atomic mass is 9.62. The number of carbonyl (C=O) groups is 1. The van der Waals surface area contributed by atoms with Crippen molar-refractivity contribution in [1.82, 2.24) is 4.90 Å². The van der Waals surface area contributed by atoms with E-state index >= 15 is 9.18 Å². The zero-order valence-electron chi connectivity index (χ0n) is 31.4. The molecular formula is C43H51Cl2FN2O3Si. The average molecular weight is 762 g/mol. The molecule has 6 rings (SSSR count). The van der Waals surface area contributed by atoms with Crippen LogP contribution in [0.15, 0.2) is 97.1 Å². The fraction of sp³-hybridized carbons (Fsp3) is 0.419. The number of likely N-dealkylation sites (tertiary alicyclic amines) is 1. The summed E-state index contributed by atoms with van der Waals surface area (Å²) in [6.07, 6.45) is -0.460. The fourth-order valence-corrected chi connectivity index (χ4v) is 9.64. The van der Waals surface area contributed by atoms with Gasteiger partial charge in [-0.3, -0.25) is 9.69 Å². The molecular weight excluding hydrogens is 710 g/mol. The zero-order valence-corrected chi connectivity index (χ0v) is 33.9. The number of fused-ring (bicyclic) bond motifs is 2. The summed E-state index contributed by atoms with van der Waals surface area (Å²) in [6.45, 7) is 17.7. The van der Waals surface area contributed by atoms with Crippen LogP contribution < -0.4 is 5.32 Å². The maximum atomic E-state index is 16.8. The topological polar surface area (TPSA) is 61.8 Å². The normalized spacial score (nSPS) is 23.5.